The lowest BCUT2D eigenvalue weighted by Crippen LogP contribution is -2.39. The summed E-state index contributed by atoms with van der Waals surface area (Å²) >= 11 is 0. The fraction of sp³-hybridized carbons (Fsp3) is 0.579. The molecule has 2 amide bonds. The molecule has 2 aromatic rings. The van der Waals surface area contributed by atoms with Crippen molar-refractivity contribution in [3.63, 3.8) is 0 Å². The van der Waals surface area contributed by atoms with Gasteiger partial charge in [0.15, 0.2) is 5.65 Å². The molecule has 1 atom stereocenters. The highest BCUT2D eigenvalue weighted by Gasteiger charge is 2.33. The number of hydrogen-bond donors (Lipinski definition) is 1. The first-order chi connectivity index (χ1) is 12.0. The Morgan fingerprint density at radius 1 is 1.31 bits per heavy atom. The number of carbonyl (C=O) groups is 2. The molecule has 1 N–H and O–H groups in total. The van der Waals surface area contributed by atoms with Crippen LogP contribution in [0.3, 0.4) is 0 Å². The molecule has 1 saturated heterocycles. The maximum Gasteiger partial charge on any atom is 0.257 e. The van der Waals surface area contributed by atoms with E-state index in [2.05, 4.69) is 36.2 Å². The maximum absolute atomic E-state index is 12.9. The van der Waals surface area contributed by atoms with E-state index in [1.807, 2.05) is 31.7 Å². The minimum atomic E-state index is -0.217. The number of amides is 2. The highest BCUT2D eigenvalue weighted by Crippen LogP contribution is 2.21. The van der Waals surface area contributed by atoms with Crippen molar-refractivity contribution in [3.8, 4) is 0 Å². The normalized spacial score (nSPS) is 18.0. The van der Waals surface area contributed by atoms with Gasteiger partial charge in [-0.05, 0) is 32.3 Å². The second-order valence-corrected chi connectivity index (χ2v) is 8.44. The molecular formula is C19H27N5O2. The van der Waals surface area contributed by atoms with Crippen molar-refractivity contribution in [2.45, 2.75) is 54.0 Å². The lowest BCUT2D eigenvalue weighted by Gasteiger charge is -2.26. The topological polar surface area (TPSA) is 79.6 Å². The van der Waals surface area contributed by atoms with Gasteiger partial charge in [0.05, 0.1) is 11.7 Å². The molecule has 0 aliphatic carbocycles. The Bertz CT molecular complexity index is 878. The van der Waals surface area contributed by atoms with Crippen molar-refractivity contribution >= 4 is 17.5 Å². The van der Waals surface area contributed by atoms with E-state index in [-0.39, 0.29) is 23.3 Å². The van der Waals surface area contributed by atoms with Crippen LogP contribution in [0.15, 0.2) is 6.07 Å². The zero-order valence-electron chi connectivity index (χ0n) is 16.4. The third kappa shape index (κ3) is 3.57. The van der Waals surface area contributed by atoms with Gasteiger partial charge < -0.3 is 10.2 Å². The summed E-state index contributed by atoms with van der Waals surface area (Å²) in [6.45, 7) is 13.2. The summed E-state index contributed by atoms with van der Waals surface area (Å²) in [6.07, 6.45) is 0.339. The molecule has 1 fully saturated rings. The third-order valence-electron chi connectivity index (χ3n) is 4.51. The summed E-state index contributed by atoms with van der Waals surface area (Å²) in [7, 11) is 0. The molecule has 2 aromatic heterocycles. The van der Waals surface area contributed by atoms with Crippen LogP contribution in [0.5, 0.6) is 0 Å². The molecule has 7 nitrogen and oxygen atoms in total. The Kier molecular flexibility index (Phi) is 4.50. The highest BCUT2D eigenvalue weighted by atomic mass is 16.2. The second kappa shape index (κ2) is 6.37. The minimum absolute atomic E-state index is 0.0343. The maximum atomic E-state index is 12.9. The van der Waals surface area contributed by atoms with Gasteiger partial charge in [0.2, 0.25) is 5.91 Å². The number of nitrogens with one attached hydrogen (secondary N) is 1. The van der Waals surface area contributed by atoms with Gasteiger partial charge in [-0.1, -0.05) is 20.8 Å². The Labute approximate surface area is 153 Å². The molecule has 1 aliphatic rings. The Hall–Kier alpha value is -2.44. The fourth-order valence-corrected chi connectivity index (χ4v) is 3.54. The smallest absolute Gasteiger partial charge is 0.257 e. The molecule has 0 aromatic carbocycles. The van der Waals surface area contributed by atoms with E-state index in [0.717, 1.165) is 11.4 Å². The molecule has 3 heterocycles. The SMILES string of the molecule is Cc1cc(C)n2nc(C)c(C(=O)NC3CC(=O)N(CC(C)(C)C)C3)c2n1. The number of rotatable bonds is 3. The van der Waals surface area contributed by atoms with Crippen molar-refractivity contribution in [3.05, 3.63) is 28.7 Å². The predicted octanol–water partition coefficient (Wildman–Crippen LogP) is 2.03. The number of aryl methyl sites for hydroxylation is 3. The van der Waals surface area contributed by atoms with Gasteiger partial charge in [0.25, 0.3) is 5.91 Å². The van der Waals surface area contributed by atoms with Crippen molar-refractivity contribution < 1.29 is 9.59 Å². The van der Waals surface area contributed by atoms with Crippen LogP contribution in [-0.4, -0.2) is 50.4 Å². The van der Waals surface area contributed by atoms with Crippen molar-refractivity contribution in [1.29, 1.82) is 0 Å². The first kappa shape index (κ1) is 18.4. The number of likely N-dealkylation sites (tertiary alicyclic amines) is 1. The van der Waals surface area contributed by atoms with E-state index >= 15 is 0 Å². The van der Waals surface area contributed by atoms with E-state index in [4.69, 9.17) is 0 Å². The number of carbonyl (C=O) groups excluding carboxylic acids is 2. The summed E-state index contributed by atoms with van der Waals surface area (Å²) in [4.78, 5) is 31.5. The third-order valence-corrected chi connectivity index (χ3v) is 4.51. The van der Waals surface area contributed by atoms with Gasteiger partial charge in [0.1, 0.15) is 5.56 Å². The standard InChI is InChI=1S/C19H27N5O2/c1-11-7-12(2)24-17(20-11)16(13(3)22-24)18(26)21-14-8-15(25)23(9-14)10-19(4,5)6/h7,14H,8-10H2,1-6H3,(H,21,26). The van der Waals surface area contributed by atoms with Crippen molar-refractivity contribution in [2.24, 2.45) is 5.41 Å². The van der Waals surface area contributed by atoms with Gasteiger partial charge >= 0.3 is 0 Å². The summed E-state index contributed by atoms with van der Waals surface area (Å²) in [5.41, 5.74) is 3.50. The molecule has 26 heavy (non-hydrogen) atoms. The lowest BCUT2D eigenvalue weighted by atomic mass is 9.96. The largest absolute Gasteiger partial charge is 0.347 e. The molecule has 3 rings (SSSR count). The average molecular weight is 357 g/mol. The molecule has 7 heteroatoms. The van der Waals surface area contributed by atoms with Gasteiger partial charge in [-0.3, -0.25) is 9.59 Å². The number of nitrogens with zero attached hydrogens (tertiary/aromatic N) is 4. The predicted molar refractivity (Wildman–Crippen MR) is 99.1 cm³/mol. The molecule has 0 bridgehead atoms. The summed E-state index contributed by atoms with van der Waals surface area (Å²) in [5, 5.41) is 7.45. The van der Waals surface area contributed by atoms with Crippen LogP contribution in [0.4, 0.5) is 0 Å². The quantitative estimate of drug-likeness (QED) is 0.911. The Morgan fingerprint density at radius 3 is 2.65 bits per heavy atom. The zero-order chi connectivity index (χ0) is 19.2. The summed E-state index contributed by atoms with van der Waals surface area (Å²) in [6, 6.07) is 1.75. The molecule has 0 spiro atoms. The van der Waals surface area contributed by atoms with E-state index in [1.54, 1.807) is 4.52 Å². The average Bonchev–Trinajstić information content (AvgIpc) is 2.97. The van der Waals surface area contributed by atoms with Gasteiger partial charge in [0, 0.05) is 30.9 Å². The van der Waals surface area contributed by atoms with Crippen LogP contribution in [0.2, 0.25) is 0 Å². The van der Waals surface area contributed by atoms with Crippen molar-refractivity contribution in [1.82, 2.24) is 24.8 Å². The summed E-state index contributed by atoms with van der Waals surface area (Å²) in [5.74, 6) is -0.128. The van der Waals surface area contributed by atoms with Crippen LogP contribution in [-0.2, 0) is 4.79 Å². The molecular weight excluding hydrogens is 330 g/mol. The Balaban J connectivity index is 1.80. The van der Waals surface area contributed by atoms with Crippen LogP contribution < -0.4 is 5.32 Å². The first-order valence-electron chi connectivity index (χ1n) is 8.97. The molecule has 0 saturated carbocycles. The first-order valence-corrected chi connectivity index (χ1v) is 8.97. The number of aromatic nitrogens is 3. The van der Waals surface area contributed by atoms with Crippen LogP contribution >= 0.6 is 0 Å². The number of hydrogen-bond acceptors (Lipinski definition) is 4. The van der Waals surface area contributed by atoms with E-state index < -0.39 is 0 Å². The molecule has 1 unspecified atom stereocenters. The van der Waals surface area contributed by atoms with E-state index in [9.17, 15) is 9.59 Å². The second-order valence-electron chi connectivity index (χ2n) is 8.44. The number of fused-ring (bicyclic) bond motifs is 1. The highest BCUT2D eigenvalue weighted by molar-refractivity contribution is 6.01. The molecule has 140 valence electrons. The monoisotopic (exact) mass is 357 g/mol. The van der Waals surface area contributed by atoms with Gasteiger partial charge in [-0.15, -0.1) is 0 Å². The molecule has 0 radical (unpaired) electrons. The van der Waals surface area contributed by atoms with E-state index in [1.165, 1.54) is 0 Å². The summed E-state index contributed by atoms with van der Waals surface area (Å²) < 4.78 is 1.70. The molecule has 1 aliphatic heterocycles. The van der Waals surface area contributed by atoms with Gasteiger partial charge in [-0.2, -0.15) is 5.10 Å². The van der Waals surface area contributed by atoms with E-state index in [0.29, 0.717) is 36.4 Å². The fourth-order valence-electron chi connectivity index (χ4n) is 3.54. The van der Waals surface area contributed by atoms with Crippen LogP contribution in [0.25, 0.3) is 5.65 Å². The van der Waals surface area contributed by atoms with Crippen LogP contribution in [0.1, 0.15) is 54.6 Å². The van der Waals surface area contributed by atoms with Gasteiger partial charge in [-0.25, -0.2) is 9.50 Å². The Morgan fingerprint density at radius 2 is 2.00 bits per heavy atom. The lowest BCUT2D eigenvalue weighted by molar-refractivity contribution is -0.128. The minimum Gasteiger partial charge on any atom is -0.347 e. The van der Waals surface area contributed by atoms with Crippen molar-refractivity contribution in [2.75, 3.05) is 13.1 Å². The van der Waals surface area contributed by atoms with Crippen LogP contribution in [0, 0.1) is 26.2 Å². The zero-order valence-corrected chi connectivity index (χ0v) is 16.4.